The first kappa shape index (κ1) is 19.0. The fraction of sp³-hybridized carbons (Fsp3) is 0.450. The molecule has 0 atom stereocenters. The van der Waals surface area contributed by atoms with Crippen molar-refractivity contribution in [2.24, 2.45) is 7.05 Å². The van der Waals surface area contributed by atoms with Crippen molar-refractivity contribution in [2.75, 3.05) is 50.7 Å². The van der Waals surface area contributed by atoms with Gasteiger partial charge in [0, 0.05) is 64.7 Å². The number of hydrogen-bond acceptors (Lipinski definition) is 6. The van der Waals surface area contributed by atoms with Crippen LogP contribution < -0.4 is 4.90 Å². The largest absolute Gasteiger partial charge is 0.353 e. The van der Waals surface area contributed by atoms with Gasteiger partial charge >= 0.3 is 0 Å². The lowest BCUT2D eigenvalue weighted by atomic mass is 10.1. The number of nitrogens with zero attached hydrogens (tertiary/aromatic N) is 6. The lowest BCUT2D eigenvalue weighted by Gasteiger charge is -2.36. The Bertz CT molecular complexity index is 1050. The molecule has 4 heterocycles. The Morgan fingerprint density at radius 3 is 2.72 bits per heavy atom. The minimum absolute atomic E-state index is 0.0961. The first-order valence-corrected chi connectivity index (χ1v) is 11.5. The highest BCUT2D eigenvalue weighted by Gasteiger charge is 2.30. The molecule has 1 aromatic carbocycles. The van der Waals surface area contributed by atoms with Gasteiger partial charge in [0.05, 0.1) is 16.0 Å². The van der Waals surface area contributed by atoms with Crippen LogP contribution in [0.5, 0.6) is 0 Å². The Labute approximate surface area is 182 Å². The van der Waals surface area contributed by atoms with Gasteiger partial charge in [-0.25, -0.2) is 0 Å². The molecule has 0 saturated carbocycles. The van der Waals surface area contributed by atoms with Crippen molar-refractivity contribution in [3.8, 4) is 0 Å². The summed E-state index contributed by atoms with van der Waals surface area (Å²) in [5, 5.41) is 5.60. The SMILES string of the molecule is Cn1nc(Br)c2c1CCN(CCN1CCN(c3nsc4ccccc34)CC1)C2=O. The molecule has 0 spiro atoms. The number of carbonyl (C=O) groups is 1. The molecule has 0 radical (unpaired) electrons. The molecule has 1 fully saturated rings. The Kier molecular flexibility index (Phi) is 5.05. The zero-order valence-corrected chi connectivity index (χ0v) is 18.7. The van der Waals surface area contributed by atoms with E-state index in [9.17, 15) is 4.79 Å². The summed E-state index contributed by atoms with van der Waals surface area (Å²) in [6.45, 7) is 6.37. The third kappa shape index (κ3) is 3.45. The van der Waals surface area contributed by atoms with E-state index < -0.39 is 0 Å². The van der Waals surface area contributed by atoms with Crippen LogP contribution in [0.4, 0.5) is 5.82 Å². The molecule has 29 heavy (non-hydrogen) atoms. The summed E-state index contributed by atoms with van der Waals surface area (Å²) >= 11 is 5.02. The van der Waals surface area contributed by atoms with Crippen molar-refractivity contribution in [2.45, 2.75) is 6.42 Å². The van der Waals surface area contributed by atoms with E-state index in [4.69, 9.17) is 0 Å². The van der Waals surface area contributed by atoms with Gasteiger partial charge in [0.25, 0.3) is 5.91 Å². The molecule has 7 nitrogen and oxygen atoms in total. The number of aryl methyl sites for hydroxylation is 1. The molecule has 5 rings (SSSR count). The van der Waals surface area contributed by atoms with Crippen LogP contribution in [0.25, 0.3) is 10.1 Å². The number of anilines is 1. The van der Waals surface area contributed by atoms with E-state index in [1.54, 1.807) is 11.5 Å². The van der Waals surface area contributed by atoms with E-state index in [1.165, 1.54) is 10.1 Å². The van der Waals surface area contributed by atoms with Gasteiger partial charge in [0.15, 0.2) is 0 Å². The van der Waals surface area contributed by atoms with Crippen LogP contribution in [-0.4, -0.2) is 75.7 Å². The molecule has 2 aromatic heterocycles. The molecule has 9 heteroatoms. The van der Waals surface area contributed by atoms with Crippen LogP contribution in [0.3, 0.4) is 0 Å². The Hall–Kier alpha value is -1.97. The molecule has 1 amide bonds. The molecule has 2 aliphatic rings. The van der Waals surface area contributed by atoms with Crippen LogP contribution in [0.15, 0.2) is 28.9 Å². The second-order valence-corrected chi connectivity index (χ2v) is 9.17. The van der Waals surface area contributed by atoms with E-state index in [2.05, 4.69) is 59.5 Å². The molecule has 152 valence electrons. The molecule has 0 bridgehead atoms. The number of halogens is 1. The van der Waals surface area contributed by atoms with Gasteiger partial charge in [-0.3, -0.25) is 14.4 Å². The summed E-state index contributed by atoms with van der Waals surface area (Å²) in [6, 6.07) is 8.44. The summed E-state index contributed by atoms with van der Waals surface area (Å²) < 4.78 is 8.41. The van der Waals surface area contributed by atoms with Crippen molar-refractivity contribution >= 4 is 49.3 Å². The number of fused-ring (bicyclic) bond motifs is 2. The van der Waals surface area contributed by atoms with Crippen molar-refractivity contribution in [3.05, 3.63) is 40.1 Å². The van der Waals surface area contributed by atoms with Crippen LogP contribution in [0.1, 0.15) is 16.1 Å². The third-order valence-electron chi connectivity index (χ3n) is 5.96. The molecular weight excluding hydrogens is 452 g/mol. The van der Waals surface area contributed by atoms with Crippen molar-refractivity contribution in [1.82, 2.24) is 24.0 Å². The van der Waals surface area contributed by atoms with E-state index in [0.29, 0.717) is 4.60 Å². The standard InChI is InChI=1S/C20H23BrN6OS/c1-24-15-6-7-27(20(28)17(15)18(21)22-24)13-10-25-8-11-26(12-9-25)19-14-4-2-3-5-16(14)29-23-19/h2-5H,6-13H2,1H3. The Morgan fingerprint density at radius 1 is 1.10 bits per heavy atom. The first-order chi connectivity index (χ1) is 14.1. The van der Waals surface area contributed by atoms with Gasteiger partial charge in [-0.05, 0) is 39.6 Å². The fourth-order valence-electron chi connectivity index (χ4n) is 4.28. The van der Waals surface area contributed by atoms with Crippen molar-refractivity contribution in [3.63, 3.8) is 0 Å². The smallest absolute Gasteiger partial charge is 0.258 e. The Balaban J connectivity index is 1.18. The van der Waals surface area contributed by atoms with E-state index in [-0.39, 0.29) is 5.91 Å². The van der Waals surface area contributed by atoms with Crippen LogP contribution in [0, 0.1) is 0 Å². The Morgan fingerprint density at radius 2 is 1.90 bits per heavy atom. The quantitative estimate of drug-likeness (QED) is 0.581. The number of aromatic nitrogens is 3. The molecule has 0 unspecified atom stereocenters. The van der Waals surface area contributed by atoms with Crippen molar-refractivity contribution < 1.29 is 4.79 Å². The predicted octanol–water partition coefficient (Wildman–Crippen LogP) is 2.61. The molecule has 2 aliphatic heterocycles. The molecule has 0 N–H and O–H groups in total. The number of piperazine rings is 1. The van der Waals surface area contributed by atoms with Gasteiger partial charge < -0.3 is 9.80 Å². The lowest BCUT2D eigenvalue weighted by molar-refractivity contribution is 0.0714. The number of amides is 1. The highest BCUT2D eigenvalue weighted by molar-refractivity contribution is 9.10. The van der Waals surface area contributed by atoms with Gasteiger partial charge in [0.2, 0.25) is 0 Å². The van der Waals surface area contributed by atoms with E-state index >= 15 is 0 Å². The average molecular weight is 475 g/mol. The second-order valence-electron chi connectivity index (χ2n) is 7.61. The van der Waals surface area contributed by atoms with Crippen LogP contribution in [0.2, 0.25) is 0 Å². The summed E-state index contributed by atoms with van der Waals surface area (Å²) in [7, 11) is 1.90. The normalized spacial score (nSPS) is 17.9. The maximum absolute atomic E-state index is 12.9. The van der Waals surface area contributed by atoms with Gasteiger partial charge in [-0.2, -0.15) is 9.47 Å². The third-order valence-corrected chi connectivity index (χ3v) is 7.33. The highest BCUT2D eigenvalue weighted by Crippen LogP contribution is 2.30. The zero-order chi connectivity index (χ0) is 20.0. The summed E-state index contributed by atoms with van der Waals surface area (Å²) in [6.07, 6.45) is 0.862. The first-order valence-electron chi connectivity index (χ1n) is 9.94. The average Bonchev–Trinajstić information content (AvgIpc) is 3.29. The van der Waals surface area contributed by atoms with E-state index in [0.717, 1.165) is 69.3 Å². The van der Waals surface area contributed by atoms with Crippen molar-refractivity contribution in [1.29, 1.82) is 0 Å². The van der Waals surface area contributed by atoms with Crippen LogP contribution >= 0.6 is 27.5 Å². The molecule has 3 aromatic rings. The van der Waals surface area contributed by atoms with E-state index in [1.807, 2.05) is 16.6 Å². The van der Waals surface area contributed by atoms with Gasteiger partial charge in [-0.1, -0.05) is 12.1 Å². The monoisotopic (exact) mass is 474 g/mol. The fourth-order valence-corrected chi connectivity index (χ4v) is 5.71. The summed E-state index contributed by atoms with van der Waals surface area (Å²) in [5.41, 5.74) is 1.77. The maximum Gasteiger partial charge on any atom is 0.258 e. The molecule has 1 saturated heterocycles. The minimum atomic E-state index is 0.0961. The topological polar surface area (TPSA) is 57.5 Å². The van der Waals surface area contributed by atoms with Gasteiger partial charge in [0.1, 0.15) is 10.4 Å². The highest BCUT2D eigenvalue weighted by atomic mass is 79.9. The molecule has 0 aliphatic carbocycles. The second kappa shape index (κ2) is 7.70. The zero-order valence-electron chi connectivity index (χ0n) is 16.3. The number of rotatable bonds is 4. The molecular formula is C20H23BrN6OS. The number of benzene rings is 1. The predicted molar refractivity (Wildman–Crippen MR) is 119 cm³/mol. The summed E-state index contributed by atoms with van der Waals surface area (Å²) in [4.78, 5) is 19.7. The lowest BCUT2D eigenvalue weighted by Crippen LogP contribution is -2.50. The minimum Gasteiger partial charge on any atom is -0.353 e. The number of hydrogen-bond donors (Lipinski definition) is 0. The van der Waals surface area contributed by atoms with Crippen LogP contribution in [-0.2, 0) is 13.5 Å². The van der Waals surface area contributed by atoms with Gasteiger partial charge in [-0.15, -0.1) is 0 Å². The summed E-state index contributed by atoms with van der Waals surface area (Å²) in [5.74, 6) is 1.21. The maximum atomic E-state index is 12.9. The number of carbonyl (C=O) groups excluding carboxylic acids is 1.